The molecule has 9 nitrogen and oxygen atoms in total. The number of hydrazone groups is 1. The summed E-state index contributed by atoms with van der Waals surface area (Å²) in [6, 6.07) is 18.9. The largest absolute Gasteiger partial charge is 0.423 e. The molecule has 4 aromatic rings. The van der Waals surface area contributed by atoms with E-state index in [-0.39, 0.29) is 4.21 Å². The Morgan fingerprint density at radius 1 is 0.943 bits per heavy atom. The fourth-order valence-corrected chi connectivity index (χ4v) is 4.86. The van der Waals surface area contributed by atoms with Crippen molar-refractivity contribution in [1.82, 2.24) is 10.4 Å². The van der Waals surface area contributed by atoms with E-state index < -0.39 is 21.9 Å². The molecule has 4 rings (SSSR count). The Morgan fingerprint density at radius 2 is 1.71 bits per heavy atom. The number of rotatable bonds is 8. The first-order valence-electron chi connectivity index (χ1n) is 10.1. The van der Waals surface area contributed by atoms with Gasteiger partial charge in [-0.15, -0.1) is 11.3 Å². The summed E-state index contributed by atoms with van der Waals surface area (Å²) in [5.41, 5.74) is 4.06. The van der Waals surface area contributed by atoms with Gasteiger partial charge >= 0.3 is 5.97 Å². The number of thiophene rings is 1. The lowest BCUT2D eigenvalue weighted by Gasteiger charge is -2.07. The second kappa shape index (κ2) is 10.7. The van der Waals surface area contributed by atoms with Crippen molar-refractivity contribution >= 4 is 45.1 Å². The minimum Gasteiger partial charge on any atom is -0.423 e. The fraction of sp³-hybridized carbons (Fsp3) is 0. The van der Waals surface area contributed by atoms with Crippen LogP contribution >= 0.6 is 11.3 Å². The van der Waals surface area contributed by atoms with Crippen LogP contribution in [0.2, 0.25) is 0 Å². The highest BCUT2D eigenvalue weighted by atomic mass is 32.2. The fourth-order valence-electron chi connectivity index (χ4n) is 2.81. The Bertz CT molecular complexity index is 1440. The van der Waals surface area contributed by atoms with Crippen molar-refractivity contribution in [2.75, 3.05) is 4.72 Å². The second-order valence-corrected chi connectivity index (χ2v) is 9.87. The average Bonchev–Trinajstić information content (AvgIpc) is 3.42. The molecular formula is C24H18N4O5S2. The number of nitrogens with one attached hydrogen (secondary N) is 2. The predicted octanol–water partition coefficient (Wildman–Crippen LogP) is 3.93. The van der Waals surface area contributed by atoms with Crippen molar-refractivity contribution in [2.45, 2.75) is 4.21 Å². The molecule has 0 bridgehead atoms. The number of hydrogen-bond donors (Lipinski definition) is 2. The van der Waals surface area contributed by atoms with Gasteiger partial charge in [-0.25, -0.2) is 18.6 Å². The monoisotopic (exact) mass is 506 g/mol. The molecule has 35 heavy (non-hydrogen) atoms. The van der Waals surface area contributed by atoms with Crippen LogP contribution in [0.4, 0.5) is 5.69 Å². The molecule has 0 saturated heterocycles. The SMILES string of the molecule is O=C(NN=Cc1ccc(OC(=O)c2cccnc2)cc1)c1ccc(NS(=O)(=O)c2cccs2)cc1. The van der Waals surface area contributed by atoms with Gasteiger partial charge in [-0.1, -0.05) is 6.07 Å². The number of nitrogens with zero attached hydrogens (tertiary/aromatic N) is 2. The summed E-state index contributed by atoms with van der Waals surface area (Å²) < 4.78 is 32.5. The maximum atomic E-state index is 12.3. The maximum Gasteiger partial charge on any atom is 0.345 e. The van der Waals surface area contributed by atoms with E-state index in [2.05, 4.69) is 20.2 Å². The summed E-state index contributed by atoms with van der Waals surface area (Å²) in [6.07, 6.45) is 4.42. The Labute approximate surface area is 205 Å². The summed E-state index contributed by atoms with van der Waals surface area (Å²) in [5.74, 6) is -0.622. The van der Waals surface area contributed by atoms with Gasteiger partial charge in [0.1, 0.15) is 9.96 Å². The van der Waals surface area contributed by atoms with Gasteiger partial charge in [0.2, 0.25) is 0 Å². The average molecular weight is 507 g/mol. The molecule has 0 spiro atoms. The normalized spacial score (nSPS) is 11.2. The Balaban J connectivity index is 1.30. The number of carbonyl (C=O) groups excluding carboxylic acids is 2. The quantitative estimate of drug-likeness (QED) is 0.161. The van der Waals surface area contributed by atoms with Crippen LogP contribution < -0.4 is 14.9 Å². The van der Waals surface area contributed by atoms with Gasteiger partial charge in [0.25, 0.3) is 15.9 Å². The molecule has 2 aromatic heterocycles. The van der Waals surface area contributed by atoms with Gasteiger partial charge in [-0.2, -0.15) is 5.10 Å². The highest BCUT2D eigenvalue weighted by Crippen LogP contribution is 2.20. The number of sulfonamides is 1. The number of aromatic nitrogens is 1. The number of hydrogen-bond acceptors (Lipinski definition) is 8. The number of pyridine rings is 1. The van der Waals surface area contributed by atoms with Crippen LogP contribution in [-0.2, 0) is 10.0 Å². The first-order valence-corrected chi connectivity index (χ1v) is 12.5. The maximum absolute atomic E-state index is 12.3. The molecule has 0 radical (unpaired) electrons. The number of benzene rings is 2. The zero-order valence-electron chi connectivity index (χ0n) is 18.0. The third kappa shape index (κ3) is 6.37. The van der Waals surface area contributed by atoms with Crippen molar-refractivity contribution in [1.29, 1.82) is 0 Å². The van der Waals surface area contributed by atoms with Crippen LogP contribution in [0.15, 0.2) is 99.9 Å². The Hall–Kier alpha value is -4.35. The van der Waals surface area contributed by atoms with Gasteiger partial charge in [0.15, 0.2) is 0 Å². The Morgan fingerprint density at radius 3 is 2.37 bits per heavy atom. The van der Waals surface area contributed by atoms with Crippen molar-refractivity contribution < 1.29 is 22.7 Å². The van der Waals surface area contributed by atoms with Crippen LogP contribution in [0.3, 0.4) is 0 Å². The molecule has 1 amide bonds. The number of anilines is 1. The first kappa shape index (κ1) is 23.8. The molecule has 176 valence electrons. The molecule has 0 unspecified atom stereocenters. The topological polar surface area (TPSA) is 127 Å². The highest BCUT2D eigenvalue weighted by Gasteiger charge is 2.15. The standard InChI is InChI=1S/C24H18N4O5S2/c29-23(18-7-9-20(10-8-18)28-35(31,32)22-4-2-14-34-22)27-26-15-17-5-11-21(12-6-17)33-24(30)19-3-1-13-25-16-19/h1-16,28H,(H,27,29). The number of carbonyl (C=O) groups is 2. The van der Waals surface area contributed by atoms with Crippen molar-refractivity contribution in [3.8, 4) is 5.75 Å². The van der Waals surface area contributed by atoms with Crippen LogP contribution in [0.25, 0.3) is 0 Å². The van der Waals surface area contributed by atoms with E-state index in [1.165, 1.54) is 42.7 Å². The minimum absolute atomic E-state index is 0.202. The van der Waals surface area contributed by atoms with Gasteiger partial charge in [-0.05, 0) is 77.7 Å². The zero-order valence-corrected chi connectivity index (χ0v) is 19.6. The van der Waals surface area contributed by atoms with Gasteiger partial charge in [0, 0.05) is 23.6 Å². The third-order valence-corrected chi connectivity index (χ3v) is 7.31. The molecule has 2 aromatic carbocycles. The molecule has 0 atom stereocenters. The van der Waals surface area contributed by atoms with E-state index >= 15 is 0 Å². The molecule has 0 aliphatic rings. The lowest BCUT2D eigenvalue weighted by atomic mass is 10.2. The molecular weight excluding hydrogens is 488 g/mol. The minimum atomic E-state index is -3.66. The first-order chi connectivity index (χ1) is 16.9. The van der Waals surface area contributed by atoms with Crippen molar-refractivity contribution in [3.63, 3.8) is 0 Å². The second-order valence-electron chi connectivity index (χ2n) is 7.01. The molecule has 0 aliphatic carbocycles. The number of ether oxygens (including phenoxy) is 1. The summed E-state index contributed by atoms with van der Waals surface area (Å²) in [5, 5.41) is 5.60. The van der Waals surface area contributed by atoms with Gasteiger partial charge < -0.3 is 4.74 Å². The van der Waals surface area contributed by atoms with E-state index in [0.29, 0.717) is 28.1 Å². The van der Waals surface area contributed by atoms with Crippen LogP contribution in [0, 0.1) is 0 Å². The molecule has 0 aliphatic heterocycles. The summed E-state index contributed by atoms with van der Waals surface area (Å²) in [4.78, 5) is 28.2. The number of esters is 1. The van der Waals surface area contributed by atoms with Crippen molar-refractivity contribution in [2.24, 2.45) is 5.10 Å². The highest BCUT2D eigenvalue weighted by molar-refractivity contribution is 7.94. The van der Waals surface area contributed by atoms with Crippen LogP contribution in [-0.4, -0.2) is 31.5 Å². The van der Waals surface area contributed by atoms with E-state index in [4.69, 9.17) is 4.74 Å². The summed E-state index contributed by atoms with van der Waals surface area (Å²) in [6.45, 7) is 0. The van der Waals surface area contributed by atoms with E-state index in [9.17, 15) is 18.0 Å². The zero-order chi connectivity index (χ0) is 24.7. The van der Waals surface area contributed by atoms with Crippen LogP contribution in [0.5, 0.6) is 5.75 Å². The lowest BCUT2D eigenvalue weighted by molar-refractivity contribution is 0.0734. The molecule has 2 heterocycles. The van der Waals surface area contributed by atoms with Crippen molar-refractivity contribution in [3.05, 3.63) is 107 Å². The van der Waals surface area contributed by atoms with E-state index in [0.717, 1.165) is 11.3 Å². The Kier molecular flexibility index (Phi) is 7.29. The predicted molar refractivity (Wildman–Crippen MR) is 132 cm³/mol. The van der Waals surface area contributed by atoms with Gasteiger partial charge in [-0.3, -0.25) is 14.5 Å². The lowest BCUT2D eigenvalue weighted by Crippen LogP contribution is -2.17. The van der Waals surface area contributed by atoms with Gasteiger partial charge in [0.05, 0.1) is 11.8 Å². The molecule has 0 fully saturated rings. The summed E-state index contributed by atoms with van der Waals surface area (Å²) >= 11 is 1.11. The number of amides is 1. The summed E-state index contributed by atoms with van der Waals surface area (Å²) in [7, 11) is -3.66. The molecule has 2 N–H and O–H groups in total. The molecule has 0 saturated carbocycles. The molecule has 11 heteroatoms. The van der Waals surface area contributed by atoms with E-state index in [1.807, 2.05) is 0 Å². The smallest absolute Gasteiger partial charge is 0.345 e. The van der Waals surface area contributed by atoms with Crippen LogP contribution in [0.1, 0.15) is 26.3 Å². The third-order valence-electron chi connectivity index (χ3n) is 4.53. The van der Waals surface area contributed by atoms with E-state index in [1.54, 1.807) is 54.0 Å².